The Bertz CT molecular complexity index is 598. The van der Waals surface area contributed by atoms with Crippen LogP contribution < -0.4 is 5.56 Å². The maximum absolute atomic E-state index is 13.3. The summed E-state index contributed by atoms with van der Waals surface area (Å²) in [4.78, 5) is 13.1. The highest BCUT2D eigenvalue weighted by Crippen LogP contribution is 2.37. The second-order valence-corrected chi connectivity index (χ2v) is 4.91. The molecule has 0 amide bonds. The third-order valence-electron chi connectivity index (χ3n) is 3.11. The summed E-state index contributed by atoms with van der Waals surface area (Å²) in [5, 5.41) is 29.0. The van der Waals surface area contributed by atoms with E-state index < -0.39 is 42.0 Å². The van der Waals surface area contributed by atoms with Gasteiger partial charge in [0.15, 0.2) is 11.0 Å². The van der Waals surface area contributed by atoms with Crippen LogP contribution in [-0.2, 0) is 4.74 Å². The number of aromatic nitrogens is 2. The summed E-state index contributed by atoms with van der Waals surface area (Å²) in [5.74, 6) is -1.10. The minimum absolute atomic E-state index is 0.164. The molecular weight excluding hydrogens is 279 g/mol. The third-order valence-corrected chi connectivity index (χ3v) is 3.42. The molecule has 1 aromatic rings. The zero-order chi connectivity index (χ0) is 14.4. The molecular formula is C10H13FN2O5S. The van der Waals surface area contributed by atoms with Crippen molar-refractivity contribution in [1.29, 1.82) is 0 Å². The Hall–Kier alpha value is -1.13. The van der Waals surface area contributed by atoms with Gasteiger partial charge in [0.1, 0.15) is 17.8 Å². The standard InChI is InChI=1S/C10H13FN2O5S/c1-10(17)6(15)5(3-14)18-8(10)13-2-4(11)7(16)12-9(13)19/h2,5-6,8,14-15,17H,3H2,1H3,(H,12,16,19)/t5-,6+,8-,10?/m1/s1. The van der Waals surface area contributed by atoms with Crippen molar-refractivity contribution in [1.82, 2.24) is 9.55 Å². The number of aliphatic hydroxyl groups excluding tert-OH is 2. The largest absolute Gasteiger partial charge is 0.394 e. The second-order valence-electron chi connectivity index (χ2n) is 4.52. The van der Waals surface area contributed by atoms with Gasteiger partial charge in [-0.3, -0.25) is 14.3 Å². The van der Waals surface area contributed by atoms with Crippen molar-refractivity contribution in [3.8, 4) is 0 Å². The average Bonchev–Trinajstić information content (AvgIpc) is 2.56. The molecule has 2 rings (SSSR count). The van der Waals surface area contributed by atoms with Crippen molar-refractivity contribution in [3.63, 3.8) is 0 Å². The van der Waals surface area contributed by atoms with Crippen LogP contribution >= 0.6 is 12.2 Å². The Labute approximate surface area is 111 Å². The van der Waals surface area contributed by atoms with Crippen molar-refractivity contribution in [3.05, 3.63) is 27.1 Å². The molecule has 0 aliphatic carbocycles. The van der Waals surface area contributed by atoms with E-state index >= 15 is 0 Å². The number of aliphatic hydroxyl groups is 3. The van der Waals surface area contributed by atoms with Crippen LogP contribution in [0.1, 0.15) is 13.2 Å². The summed E-state index contributed by atoms with van der Waals surface area (Å²) in [6.07, 6.45) is -2.85. The summed E-state index contributed by atoms with van der Waals surface area (Å²) in [7, 11) is 0. The zero-order valence-corrected chi connectivity index (χ0v) is 10.7. The molecule has 19 heavy (non-hydrogen) atoms. The Morgan fingerprint density at radius 1 is 1.68 bits per heavy atom. The first-order chi connectivity index (χ1) is 8.78. The maximum Gasteiger partial charge on any atom is 0.287 e. The highest BCUT2D eigenvalue weighted by Gasteiger charge is 2.52. The fourth-order valence-electron chi connectivity index (χ4n) is 2.03. The molecule has 0 radical (unpaired) electrons. The first-order valence-electron chi connectivity index (χ1n) is 5.46. The first-order valence-corrected chi connectivity index (χ1v) is 5.87. The third kappa shape index (κ3) is 2.23. The zero-order valence-electron chi connectivity index (χ0n) is 9.91. The van der Waals surface area contributed by atoms with Gasteiger partial charge < -0.3 is 20.1 Å². The second kappa shape index (κ2) is 4.76. The normalized spacial score (nSPS) is 34.7. The van der Waals surface area contributed by atoms with Gasteiger partial charge in [0.05, 0.1) is 12.8 Å². The summed E-state index contributed by atoms with van der Waals surface area (Å²) < 4.78 is 19.4. The van der Waals surface area contributed by atoms with Gasteiger partial charge in [-0.25, -0.2) is 0 Å². The molecule has 0 saturated carbocycles. The molecule has 1 aliphatic rings. The highest BCUT2D eigenvalue weighted by molar-refractivity contribution is 7.71. The lowest BCUT2D eigenvalue weighted by Crippen LogP contribution is -2.44. The molecule has 0 aromatic carbocycles. The van der Waals surface area contributed by atoms with Crippen LogP contribution in [0.15, 0.2) is 11.0 Å². The van der Waals surface area contributed by atoms with Gasteiger partial charge in [0, 0.05) is 0 Å². The van der Waals surface area contributed by atoms with Gasteiger partial charge in [0.2, 0.25) is 5.82 Å². The number of H-pyrrole nitrogens is 1. The van der Waals surface area contributed by atoms with Crippen molar-refractivity contribution in [2.45, 2.75) is 31.0 Å². The molecule has 1 aliphatic heterocycles. The van der Waals surface area contributed by atoms with Gasteiger partial charge in [0.25, 0.3) is 5.56 Å². The molecule has 4 atom stereocenters. The molecule has 4 N–H and O–H groups in total. The van der Waals surface area contributed by atoms with Gasteiger partial charge >= 0.3 is 0 Å². The van der Waals surface area contributed by atoms with E-state index in [1.165, 1.54) is 6.92 Å². The van der Waals surface area contributed by atoms with E-state index in [0.29, 0.717) is 0 Å². The van der Waals surface area contributed by atoms with Crippen molar-refractivity contribution in [2.75, 3.05) is 6.61 Å². The van der Waals surface area contributed by atoms with Gasteiger partial charge in [-0.1, -0.05) is 0 Å². The van der Waals surface area contributed by atoms with Crippen LogP contribution in [-0.4, -0.2) is 49.3 Å². The smallest absolute Gasteiger partial charge is 0.287 e. The summed E-state index contributed by atoms with van der Waals surface area (Å²) in [6, 6.07) is 0. The number of nitrogens with one attached hydrogen (secondary N) is 1. The quantitative estimate of drug-likeness (QED) is 0.523. The number of nitrogens with zero attached hydrogens (tertiary/aromatic N) is 1. The average molecular weight is 292 g/mol. The lowest BCUT2D eigenvalue weighted by Gasteiger charge is -2.27. The Morgan fingerprint density at radius 2 is 2.32 bits per heavy atom. The fourth-order valence-corrected chi connectivity index (χ4v) is 2.27. The van der Waals surface area contributed by atoms with Crippen LogP contribution in [0.4, 0.5) is 4.39 Å². The van der Waals surface area contributed by atoms with E-state index in [1.807, 2.05) is 0 Å². The van der Waals surface area contributed by atoms with E-state index in [-0.39, 0.29) is 4.77 Å². The van der Waals surface area contributed by atoms with Crippen molar-refractivity contribution >= 4 is 12.2 Å². The minimum Gasteiger partial charge on any atom is -0.394 e. The molecule has 106 valence electrons. The molecule has 0 bridgehead atoms. The van der Waals surface area contributed by atoms with Crippen LogP contribution in [0, 0.1) is 10.6 Å². The van der Waals surface area contributed by atoms with E-state index in [9.17, 15) is 19.4 Å². The predicted molar refractivity (Wildman–Crippen MR) is 63.5 cm³/mol. The van der Waals surface area contributed by atoms with E-state index in [1.54, 1.807) is 0 Å². The number of hydrogen-bond acceptors (Lipinski definition) is 6. The molecule has 0 spiro atoms. The van der Waals surface area contributed by atoms with E-state index in [4.69, 9.17) is 22.1 Å². The molecule has 1 unspecified atom stereocenters. The summed E-state index contributed by atoms with van der Waals surface area (Å²) >= 11 is 4.86. The van der Waals surface area contributed by atoms with E-state index in [2.05, 4.69) is 4.98 Å². The number of ether oxygens (including phenoxy) is 1. The van der Waals surface area contributed by atoms with Crippen LogP contribution in [0.25, 0.3) is 0 Å². The van der Waals surface area contributed by atoms with E-state index in [0.717, 1.165) is 10.8 Å². The Morgan fingerprint density at radius 3 is 2.84 bits per heavy atom. The Balaban J connectivity index is 2.51. The maximum atomic E-state index is 13.3. The number of halogens is 1. The molecule has 9 heteroatoms. The first kappa shape index (κ1) is 14.3. The lowest BCUT2D eigenvalue weighted by molar-refractivity contribution is -0.0982. The van der Waals surface area contributed by atoms with Crippen LogP contribution in [0.5, 0.6) is 0 Å². The molecule has 1 aromatic heterocycles. The highest BCUT2D eigenvalue weighted by atomic mass is 32.1. The monoisotopic (exact) mass is 292 g/mol. The number of rotatable bonds is 2. The van der Waals surface area contributed by atoms with Gasteiger partial charge in [-0.2, -0.15) is 4.39 Å². The SMILES string of the molecule is CC1(O)[C@@H](O)[C@@H](CO)O[C@H]1n1cc(F)c(=O)[nH]c1=S. The van der Waals surface area contributed by atoms with Crippen molar-refractivity contribution < 1.29 is 24.4 Å². The minimum atomic E-state index is -1.80. The summed E-state index contributed by atoms with van der Waals surface area (Å²) in [6.45, 7) is 0.746. The van der Waals surface area contributed by atoms with Crippen LogP contribution in [0.3, 0.4) is 0 Å². The van der Waals surface area contributed by atoms with Gasteiger partial charge in [-0.05, 0) is 19.1 Å². The van der Waals surface area contributed by atoms with Crippen molar-refractivity contribution in [2.24, 2.45) is 0 Å². The Kier molecular flexibility index (Phi) is 3.58. The fraction of sp³-hybridized carbons (Fsp3) is 0.600. The molecule has 1 saturated heterocycles. The number of aromatic amines is 1. The molecule has 7 nitrogen and oxygen atoms in total. The summed E-state index contributed by atoms with van der Waals surface area (Å²) in [5.41, 5.74) is -2.78. The molecule has 1 fully saturated rings. The van der Waals surface area contributed by atoms with Gasteiger partial charge in [-0.15, -0.1) is 0 Å². The molecule has 2 heterocycles. The number of hydrogen-bond donors (Lipinski definition) is 4. The lowest BCUT2D eigenvalue weighted by atomic mass is 9.96. The topological polar surface area (TPSA) is 108 Å². The predicted octanol–water partition coefficient (Wildman–Crippen LogP) is -0.953. The van der Waals surface area contributed by atoms with Crippen LogP contribution in [0.2, 0.25) is 0 Å².